The van der Waals surface area contributed by atoms with Crippen molar-refractivity contribution in [3.05, 3.63) is 83.1 Å². The number of nitrogens with one attached hydrogen (secondary N) is 2. The monoisotopic (exact) mass is 434 g/mol. The van der Waals surface area contributed by atoms with Gasteiger partial charge >= 0.3 is 0 Å². The molecule has 0 spiro atoms. The number of carbonyl (C=O) groups is 1. The van der Waals surface area contributed by atoms with Crippen LogP contribution in [0.1, 0.15) is 27.0 Å². The molecule has 0 saturated heterocycles. The zero-order chi connectivity index (χ0) is 22.0. The lowest BCUT2D eigenvalue weighted by Crippen LogP contribution is -2.15. The van der Waals surface area contributed by atoms with Gasteiger partial charge in [0.05, 0.1) is 16.1 Å². The highest BCUT2D eigenvalue weighted by molar-refractivity contribution is 7.90. The number of benzene rings is 2. The van der Waals surface area contributed by atoms with Crippen molar-refractivity contribution >= 4 is 39.0 Å². The lowest BCUT2D eigenvalue weighted by molar-refractivity contribution is 0.100. The molecule has 2 aromatic carbocycles. The Kier molecular flexibility index (Phi) is 5.48. The van der Waals surface area contributed by atoms with Gasteiger partial charge in [0.1, 0.15) is 5.82 Å². The smallest absolute Gasteiger partial charge is 0.252 e. The lowest BCUT2D eigenvalue weighted by Gasteiger charge is -2.14. The van der Waals surface area contributed by atoms with Gasteiger partial charge in [0.2, 0.25) is 0 Å². The van der Waals surface area contributed by atoms with Gasteiger partial charge in [-0.25, -0.2) is 13.4 Å². The van der Waals surface area contributed by atoms with E-state index in [0.717, 1.165) is 18.2 Å². The average molecular weight is 435 g/mol. The maximum Gasteiger partial charge on any atom is 0.252 e. The van der Waals surface area contributed by atoms with Crippen molar-refractivity contribution in [3.63, 3.8) is 0 Å². The molecule has 1 heterocycles. The molecule has 0 fully saturated rings. The zero-order valence-corrected chi connectivity index (χ0v) is 17.7. The number of anilines is 3. The maximum absolute atomic E-state index is 11.9. The number of allylic oxidation sites excluding steroid dienone is 1. The standard InChI is InChI=1S/C23H22N4O3S/c1-31(29,30)18-10-8-17(9-11-18)27-22-12-21(20(14-26-22)23(24)28)25-13-16-6-2-4-15-5-3-7-19(15)16/h2-4,6-12,14H,5,13H2,1H3,(H2,24,28)(H2,25,26,27). The van der Waals surface area contributed by atoms with Gasteiger partial charge in [0.15, 0.2) is 9.84 Å². The van der Waals surface area contributed by atoms with Gasteiger partial charge in [0, 0.05) is 30.8 Å². The minimum atomic E-state index is -3.26. The molecule has 158 valence electrons. The molecule has 0 bridgehead atoms. The Labute approximate surface area is 180 Å². The van der Waals surface area contributed by atoms with Gasteiger partial charge in [-0.2, -0.15) is 0 Å². The molecule has 4 N–H and O–H groups in total. The molecular weight excluding hydrogens is 412 g/mol. The summed E-state index contributed by atoms with van der Waals surface area (Å²) in [5.74, 6) is -0.0740. The fourth-order valence-corrected chi connectivity index (χ4v) is 4.14. The number of pyridine rings is 1. The number of amides is 1. The predicted molar refractivity (Wildman–Crippen MR) is 122 cm³/mol. The first kappa shape index (κ1) is 20.6. The molecule has 1 aromatic heterocycles. The third kappa shape index (κ3) is 4.59. The largest absolute Gasteiger partial charge is 0.380 e. The fourth-order valence-electron chi connectivity index (χ4n) is 3.51. The highest BCUT2D eigenvalue weighted by Gasteiger charge is 2.13. The lowest BCUT2D eigenvalue weighted by atomic mass is 10.0. The summed E-state index contributed by atoms with van der Waals surface area (Å²) in [4.78, 5) is 16.4. The molecule has 4 rings (SSSR count). The number of sulfone groups is 1. The van der Waals surface area contributed by atoms with Gasteiger partial charge < -0.3 is 16.4 Å². The van der Waals surface area contributed by atoms with Crippen molar-refractivity contribution in [2.45, 2.75) is 17.9 Å². The van der Waals surface area contributed by atoms with E-state index in [1.54, 1.807) is 18.2 Å². The Balaban J connectivity index is 1.56. The quantitative estimate of drug-likeness (QED) is 0.524. The molecule has 1 aliphatic rings. The summed E-state index contributed by atoms with van der Waals surface area (Å²) in [7, 11) is -3.26. The first-order chi connectivity index (χ1) is 14.8. The molecule has 1 amide bonds. The van der Waals surface area contributed by atoms with E-state index in [0.29, 0.717) is 29.3 Å². The molecule has 8 heteroatoms. The number of nitrogens with zero attached hydrogens (tertiary/aromatic N) is 1. The molecule has 0 saturated carbocycles. The van der Waals surface area contributed by atoms with Crippen LogP contribution in [0.25, 0.3) is 6.08 Å². The molecule has 31 heavy (non-hydrogen) atoms. The van der Waals surface area contributed by atoms with Crippen molar-refractivity contribution in [2.24, 2.45) is 5.73 Å². The van der Waals surface area contributed by atoms with Gasteiger partial charge in [-0.15, -0.1) is 0 Å². The van der Waals surface area contributed by atoms with Crippen LogP contribution in [0.5, 0.6) is 0 Å². The number of nitrogens with two attached hydrogens (primary N) is 1. The number of hydrogen-bond donors (Lipinski definition) is 3. The third-order valence-corrected chi connectivity index (χ3v) is 6.23. The van der Waals surface area contributed by atoms with E-state index in [2.05, 4.69) is 39.9 Å². The summed E-state index contributed by atoms with van der Waals surface area (Å²) in [6.07, 6.45) is 7.76. The van der Waals surface area contributed by atoms with E-state index in [1.807, 2.05) is 6.07 Å². The number of carbonyl (C=O) groups excluding carboxylic acids is 1. The number of fused-ring (bicyclic) bond motifs is 1. The Morgan fingerprint density at radius 3 is 2.65 bits per heavy atom. The first-order valence-corrected chi connectivity index (χ1v) is 11.6. The van der Waals surface area contributed by atoms with E-state index in [-0.39, 0.29) is 4.90 Å². The van der Waals surface area contributed by atoms with E-state index >= 15 is 0 Å². The number of aromatic nitrogens is 1. The second-order valence-electron chi connectivity index (χ2n) is 7.35. The van der Waals surface area contributed by atoms with E-state index in [9.17, 15) is 13.2 Å². The molecule has 1 aliphatic carbocycles. The summed E-state index contributed by atoms with van der Waals surface area (Å²) in [6.45, 7) is 0.528. The van der Waals surface area contributed by atoms with Crippen LogP contribution in [0.4, 0.5) is 17.2 Å². The topological polar surface area (TPSA) is 114 Å². The zero-order valence-electron chi connectivity index (χ0n) is 16.9. The molecule has 0 radical (unpaired) electrons. The Hall–Kier alpha value is -3.65. The van der Waals surface area contributed by atoms with Crippen LogP contribution >= 0.6 is 0 Å². The summed E-state index contributed by atoms with van der Waals surface area (Å²) in [5.41, 5.74) is 10.7. The second-order valence-corrected chi connectivity index (χ2v) is 9.37. The van der Waals surface area contributed by atoms with Crippen LogP contribution in [0, 0.1) is 0 Å². The van der Waals surface area contributed by atoms with Gasteiger partial charge in [0.25, 0.3) is 5.91 Å². The Bertz CT molecular complexity index is 1280. The molecule has 7 nitrogen and oxygen atoms in total. The number of primary amides is 1. The van der Waals surface area contributed by atoms with Crippen LogP contribution < -0.4 is 16.4 Å². The number of hydrogen-bond acceptors (Lipinski definition) is 6. The molecule has 0 aliphatic heterocycles. The third-order valence-electron chi connectivity index (χ3n) is 5.10. The van der Waals surface area contributed by atoms with Crippen molar-refractivity contribution in [1.29, 1.82) is 0 Å². The highest BCUT2D eigenvalue weighted by Crippen LogP contribution is 2.26. The summed E-state index contributed by atoms with van der Waals surface area (Å²) in [5, 5.41) is 6.42. The van der Waals surface area contributed by atoms with Crippen molar-refractivity contribution in [1.82, 2.24) is 4.98 Å². The molecule has 0 unspecified atom stereocenters. The second kappa shape index (κ2) is 8.23. The van der Waals surface area contributed by atoms with Crippen molar-refractivity contribution in [3.8, 4) is 0 Å². The normalized spacial score (nSPS) is 12.4. The average Bonchev–Trinajstić information content (AvgIpc) is 3.21. The molecule has 3 aromatic rings. The van der Waals surface area contributed by atoms with Crippen LogP contribution in [-0.4, -0.2) is 25.6 Å². The SMILES string of the molecule is CS(=O)(=O)c1ccc(Nc2cc(NCc3cccc4c3C=CC4)c(C(N)=O)cn2)cc1. The summed E-state index contributed by atoms with van der Waals surface area (Å²) in [6, 6.07) is 14.3. The van der Waals surface area contributed by atoms with Gasteiger partial charge in [-0.05, 0) is 47.4 Å². The Morgan fingerprint density at radius 2 is 1.94 bits per heavy atom. The van der Waals surface area contributed by atoms with Crippen molar-refractivity contribution in [2.75, 3.05) is 16.9 Å². The van der Waals surface area contributed by atoms with Crippen LogP contribution in [0.15, 0.2) is 65.7 Å². The fraction of sp³-hybridized carbons (Fsp3) is 0.130. The van der Waals surface area contributed by atoms with Gasteiger partial charge in [-0.1, -0.05) is 30.4 Å². The predicted octanol–water partition coefficient (Wildman–Crippen LogP) is 3.51. The minimum absolute atomic E-state index is 0.238. The summed E-state index contributed by atoms with van der Waals surface area (Å²) >= 11 is 0. The summed E-state index contributed by atoms with van der Waals surface area (Å²) < 4.78 is 23.2. The maximum atomic E-state index is 11.9. The van der Waals surface area contributed by atoms with E-state index in [1.165, 1.54) is 29.5 Å². The van der Waals surface area contributed by atoms with Crippen molar-refractivity contribution < 1.29 is 13.2 Å². The molecule has 0 atom stereocenters. The first-order valence-electron chi connectivity index (χ1n) is 9.69. The van der Waals surface area contributed by atoms with E-state index in [4.69, 9.17) is 5.73 Å². The Morgan fingerprint density at radius 1 is 1.16 bits per heavy atom. The van der Waals surface area contributed by atoms with Crippen LogP contribution in [-0.2, 0) is 22.8 Å². The van der Waals surface area contributed by atoms with Gasteiger partial charge in [-0.3, -0.25) is 4.79 Å². The highest BCUT2D eigenvalue weighted by atomic mass is 32.2. The van der Waals surface area contributed by atoms with Crippen LogP contribution in [0.3, 0.4) is 0 Å². The minimum Gasteiger partial charge on any atom is -0.380 e. The molecular formula is C23H22N4O3S. The van der Waals surface area contributed by atoms with E-state index < -0.39 is 15.7 Å². The van der Waals surface area contributed by atoms with Crippen LogP contribution in [0.2, 0.25) is 0 Å². The number of rotatable bonds is 7.